The van der Waals surface area contributed by atoms with E-state index in [0.29, 0.717) is 18.4 Å². The van der Waals surface area contributed by atoms with Crippen molar-refractivity contribution in [3.63, 3.8) is 0 Å². The number of benzene rings is 3. The number of carbonyl (C=O) groups excluding carboxylic acids is 1. The normalized spacial score (nSPS) is 13.9. The number of anilines is 1. The zero-order chi connectivity index (χ0) is 29.6. The van der Waals surface area contributed by atoms with Crippen molar-refractivity contribution >= 4 is 44.6 Å². The Bertz CT molecular complexity index is 1560. The molecule has 3 aromatic carbocycles. The van der Waals surface area contributed by atoms with E-state index in [2.05, 4.69) is 27.6 Å². The minimum absolute atomic E-state index is 0.000233. The Kier molecular flexibility index (Phi) is 9.58. The topological polar surface area (TPSA) is 134 Å². The number of rotatable bonds is 10. The maximum absolute atomic E-state index is 13.8. The number of nitro groups is 1. The maximum Gasteiger partial charge on any atom is 0.273 e. The van der Waals surface area contributed by atoms with E-state index in [1.165, 1.54) is 49.9 Å². The van der Waals surface area contributed by atoms with Crippen LogP contribution in [-0.4, -0.2) is 56.6 Å². The van der Waals surface area contributed by atoms with E-state index in [-0.39, 0.29) is 27.0 Å². The number of hydrogen-bond acceptors (Lipinski definition) is 8. The predicted molar refractivity (Wildman–Crippen MR) is 157 cm³/mol. The molecule has 11 nitrogen and oxygen atoms in total. The molecule has 1 N–H and O–H groups in total. The van der Waals surface area contributed by atoms with Crippen LogP contribution in [-0.2, 0) is 21.4 Å². The molecule has 0 aliphatic carbocycles. The molecule has 1 amide bonds. The van der Waals surface area contributed by atoms with Crippen molar-refractivity contribution in [3.8, 4) is 5.75 Å². The van der Waals surface area contributed by atoms with Gasteiger partial charge in [0.2, 0.25) is 0 Å². The van der Waals surface area contributed by atoms with E-state index in [1.807, 2.05) is 18.2 Å². The third-order valence-electron chi connectivity index (χ3n) is 6.68. The number of methoxy groups -OCH3 is 1. The number of nitro benzene ring substituents is 1. The number of carbonyl (C=O) groups is 1. The average molecular weight is 600 g/mol. The second-order valence-corrected chi connectivity index (χ2v) is 11.8. The summed E-state index contributed by atoms with van der Waals surface area (Å²) in [6.45, 7) is 3.21. The van der Waals surface area contributed by atoms with Crippen LogP contribution in [0.2, 0.25) is 5.02 Å². The van der Waals surface area contributed by atoms with E-state index >= 15 is 0 Å². The molecule has 4 rings (SSSR count). The molecule has 1 aliphatic heterocycles. The predicted octanol–water partition coefficient (Wildman–Crippen LogP) is 4.53. The van der Waals surface area contributed by atoms with Crippen molar-refractivity contribution in [2.24, 2.45) is 5.10 Å². The molecule has 0 bridgehead atoms. The molecule has 1 saturated heterocycles. The van der Waals surface area contributed by atoms with Gasteiger partial charge in [-0.15, -0.1) is 0 Å². The van der Waals surface area contributed by atoms with Crippen molar-refractivity contribution in [3.05, 3.63) is 93.0 Å². The molecule has 0 aromatic heterocycles. The third kappa shape index (κ3) is 7.40. The minimum atomic E-state index is -4.48. The Morgan fingerprint density at radius 1 is 1.12 bits per heavy atom. The van der Waals surface area contributed by atoms with Gasteiger partial charge >= 0.3 is 0 Å². The lowest BCUT2D eigenvalue weighted by Gasteiger charge is -2.27. The number of halogens is 1. The fourth-order valence-corrected chi connectivity index (χ4v) is 6.07. The van der Waals surface area contributed by atoms with Gasteiger partial charge in [0, 0.05) is 54.8 Å². The monoisotopic (exact) mass is 599 g/mol. The zero-order valence-corrected chi connectivity index (χ0v) is 24.2. The van der Waals surface area contributed by atoms with Crippen LogP contribution in [0.25, 0.3) is 0 Å². The van der Waals surface area contributed by atoms with Gasteiger partial charge in [-0.25, -0.2) is 13.8 Å². The van der Waals surface area contributed by atoms with Crippen LogP contribution in [0.1, 0.15) is 24.0 Å². The highest BCUT2D eigenvalue weighted by Crippen LogP contribution is 2.35. The number of likely N-dealkylation sites (tertiary alicyclic amines) is 1. The molecule has 13 heteroatoms. The Morgan fingerprint density at radius 3 is 2.49 bits per heavy atom. The number of hydrogen-bond donors (Lipinski definition) is 1. The molecule has 0 saturated carbocycles. The molecule has 1 fully saturated rings. The number of hydrazone groups is 1. The van der Waals surface area contributed by atoms with Gasteiger partial charge in [-0.3, -0.25) is 24.1 Å². The molecule has 216 valence electrons. The Morgan fingerprint density at radius 2 is 1.83 bits per heavy atom. The van der Waals surface area contributed by atoms with Gasteiger partial charge in [-0.1, -0.05) is 48.0 Å². The summed E-state index contributed by atoms with van der Waals surface area (Å²) in [5.41, 5.74) is 4.43. The third-order valence-corrected chi connectivity index (χ3v) is 8.67. The molecule has 0 spiro atoms. The summed E-state index contributed by atoms with van der Waals surface area (Å²) in [5.74, 6) is -0.555. The highest BCUT2D eigenvalue weighted by atomic mass is 35.5. The first-order valence-corrected chi connectivity index (χ1v) is 14.6. The molecule has 3 aromatic rings. The Balaban J connectivity index is 1.54. The fraction of sp³-hybridized carbons (Fsp3) is 0.286. The number of nitrogens with one attached hydrogen (secondary N) is 1. The van der Waals surface area contributed by atoms with Crippen LogP contribution in [0.15, 0.2) is 76.7 Å². The SMILES string of the molecule is COc1ccc(Cl)cc1N(CC(=O)NN=C1CCN(Cc2ccccc2)CC1)S(=O)(=O)c1ccc(C)c([N+](=O)[O-])c1. The number of nitrogens with zero attached hydrogens (tertiary/aromatic N) is 4. The summed E-state index contributed by atoms with van der Waals surface area (Å²) in [5, 5.41) is 16.0. The molecule has 0 unspecified atom stereocenters. The van der Waals surface area contributed by atoms with Gasteiger partial charge in [0.25, 0.3) is 21.6 Å². The lowest BCUT2D eigenvalue weighted by molar-refractivity contribution is -0.385. The number of sulfonamides is 1. The van der Waals surface area contributed by atoms with Crippen molar-refractivity contribution in [1.82, 2.24) is 10.3 Å². The Labute approximate surface area is 243 Å². The second kappa shape index (κ2) is 13.1. The van der Waals surface area contributed by atoms with Crippen LogP contribution >= 0.6 is 11.6 Å². The highest BCUT2D eigenvalue weighted by molar-refractivity contribution is 7.92. The summed E-state index contributed by atoms with van der Waals surface area (Å²) in [4.78, 5) is 25.8. The number of ether oxygens (including phenoxy) is 1. The Hall–Kier alpha value is -4.00. The summed E-state index contributed by atoms with van der Waals surface area (Å²) in [6, 6.07) is 18.0. The summed E-state index contributed by atoms with van der Waals surface area (Å²) in [6.07, 6.45) is 1.31. The first-order chi connectivity index (χ1) is 19.6. The lowest BCUT2D eigenvalue weighted by Crippen LogP contribution is -2.40. The van der Waals surface area contributed by atoms with Gasteiger partial charge in [0.05, 0.1) is 22.6 Å². The molecule has 1 aliphatic rings. The van der Waals surface area contributed by atoms with Gasteiger partial charge in [0.1, 0.15) is 12.3 Å². The van der Waals surface area contributed by atoms with Crippen LogP contribution in [0, 0.1) is 17.0 Å². The van der Waals surface area contributed by atoms with Crippen molar-refractivity contribution in [2.75, 3.05) is 31.0 Å². The fourth-order valence-electron chi connectivity index (χ4n) is 4.46. The highest BCUT2D eigenvalue weighted by Gasteiger charge is 2.31. The zero-order valence-electron chi connectivity index (χ0n) is 22.6. The molecule has 0 atom stereocenters. The number of aryl methyl sites for hydroxylation is 1. The minimum Gasteiger partial charge on any atom is -0.495 e. The largest absolute Gasteiger partial charge is 0.495 e. The van der Waals surface area contributed by atoms with E-state index < -0.39 is 27.4 Å². The summed E-state index contributed by atoms with van der Waals surface area (Å²) < 4.78 is 33.8. The number of piperidine rings is 1. The van der Waals surface area contributed by atoms with Gasteiger partial charge in [-0.2, -0.15) is 5.10 Å². The first kappa shape index (κ1) is 30.0. The van der Waals surface area contributed by atoms with E-state index in [4.69, 9.17) is 16.3 Å². The molecule has 41 heavy (non-hydrogen) atoms. The molecular formula is C28H30ClN5O6S. The van der Waals surface area contributed by atoms with Crippen molar-refractivity contribution in [1.29, 1.82) is 0 Å². The van der Waals surface area contributed by atoms with Gasteiger partial charge < -0.3 is 4.74 Å². The molecular weight excluding hydrogens is 570 g/mol. The van der Waals surface area contributed by atoms with Gasteiger partial charge in [-0.05, 0) is 36.8 Å². The molecule has 0 radical (unpaired) electrons. The molecule has 1 heterocycles. The lowest BCUT2D eigenvalue weighted by atomic mass is 10.1. The van der Waals surface area contributed by atoms with Gasteiger partial charge in [0.15, 0.2) is 0 Å². The summed E-state index contributed by atoms with van der Waals surface area (Å²) >= 11 is 6.17. The van der Waals surface area contributed by atoms with Crippen molar-refractivity contribution in [2.45, 2.75) is 31.2 Å². The van der Waals surface area contributed by atoms with Crippen LogP contribution < -0.4 is 14.5 Å². The average Bonchev–Trinajstić information content (AvgIpc) is 2.96. The second-order valence-electron chi connectivity index (χ2n) is 9.51. The number of amides is 1. The maximum atomic E-state index is 13.8. The van der Waals surface area contributed by atoms with Crippen LogP contribution in [0.5, 0.6) is 5.75 Å². The van der Waals surface area contributed by atoms with Crippen LogP contribution in [0.4, 0.5) is 11.4 Å². The van der Waals surface area contributed by atoms with E-state index in [9.17, 15) is 23.3 Å². The van der Waals surface area contributed by atoms with Crippen LogP contribution in [0.3, 0.4) is 0 Å². The standard InChI is InChI=1S/C28H30ClN5O6S/c1-20-8-10-24(17-25(20)34(36)37)41(38,39)33(26-16-22(29)9-11-27(26)40-2)19-28(35)31-30-23-12-14-32(15-13-23)18-21-6-4-3-5-7-21/h3-11,16-17H,12-15,18-19H2,1-2H3,(H,31,35). The van der Waals surface area contributed by atoms with Crippen molar-refractivity contribution < 1.29 is 22.9 Å². The smallest absolute Gasteiger partial charge is 0.273 e. The van der Waals surface area contributed by atoms with E-state index in [0.717, 1.165) is 35.7 Å². The quantitative estimate of drug-likeness (QED) is 0.267. The first-order valence-electron chi connectivity index (χ1n) is 12.8. The van der Waals surface area contributed by atoms with E-state index in [1.54, 1.807) is 0 Å². The summed E-state index contributed by atoms with van der Waals surface area (Å²) in [7, 11) is -3.13.